The van der Waals surface area contributed by atoms with E-state index >= 15 is 0 Å². The third-order valence-electron chi connectivity index (χ3n) is 3.51. The zero-order valence-corrected chi connectivity index (χ0v) is 11.6. The van der Waals surface area contributed by atoms with Crippen molar-refractivity contribution in [2.24, 2.45) is 5.41 Å². The van der Waals surface area contributed by atoms with Gasteiger partial charge in [0.05, 0.1) is 18.1 Å². The van der Waals surface area contributed by atoms with Crippen molar-refractivity contribution in [3.8, 4) is 0 Å². The second kappa shape index (κ2) is 6.67. The highest BCUT2D eigenvalue weighted by Crippen LogP contribution is 2.29. The van der Waals surface area contributed by atoms with Gasteiger partial charge in [-0.15, -0.1) is 0 Å². The first kappa shape index (κ1) is 16.4. The maximum atomic E-state index is 12.3. The van der Waals surface area contributed by atoms with Gasteiger partial charge in [0.2, 0.25) is 17.7 Å². The van der Waals surface area contributed by atoms with E-state index < -0.39 is 36.0 Å². The number of nitrogens with one attached hydrogen (secondary N) is 3. The van der Waals surface area contributed by atoms with E-state index in [-0.39, 0.29) is 25.3 Å². The summed E-state index contributed by atoms with van der Waals surface area (Å²) in [7, 11) is 1.39. The molecular formula is C12H21N3O5. The molecule has 1 fully saturated rings. The van der Waals surface area contributed by atoms with Crippen molar-refractivity contribution in [1.29, 1.82) is 0 Å². The summed E-state index contributed by atoms with van der Waals surface area (Å²) >= 11 is 0. The molecule has 0 bridgehead atoms. The Morgan fingerprint density at radius 3 is 2.60 bits per heavy atom. The molecule has 3 amide bonds. The second-order valence-corrected chi connectivity index (χ2v) is 5.02. The minimum absolute atomic E-state index is 0.143. The Bertz CT molecular complexity index is 399. The van der Waals surface area contributed by atoms with Crippen molar-refractivity contribution < 1.29 is 24.6 Å². The van der Waals surface area contributed by atoms with Crippen LogP contribution in [0.4, 0.5) is 0 Å². The highest BCUT2D eigenvalue weighted by atomic mass is 16.3. The average Bonchev–Trinajstić information content (AvgIpc) is 2.43. The molecule has 20 heavy (non-hydrogen) atoms. The number of aliphatic hydroxyl groups excluding tert-OH is 2. The van der Waals surface area contributed by atoms with E-state index in [2.05, 4.69) is 16.0 Å². The van der Waals surface area contributed by atoms with Gasteiger partial charge in [0.25, 0.3) is 0 Å². The summed E-state index contributed by atoms with van der Waals surface area (Å²) in [5.74, 6) is -1.47. The monoisotopic (exact) mass is 287 g/mol. The van der Waals surface area contributed by atoms with Crippen LogP contribution in [0.2, 0.25) is 0 Å². The molecule has 0 radical (unpaired) electrons. The third kappa shape index (κ3) is 3.45. The Labute approximate surface area is 116 Å². The summed E-state index contributed by atoms with van der Waals surface area (Å²) in [6.07, 6.45) is -0.955. The summed E-state index contributed by atoms with van der Waals surface area (Å²) in [4.78, 5) is 35.3. The van der Waals surface area contributed by atoms with Crippen molar-refractivity contribution in [2.45, 2.75) is 31.9 Å². The Kier molecular flexibility index (Phi) is 5.46. The first-order chi connectivity index (χ1) is 9.36. The molecule has 1 saturated heterocycles. The minimum atomic E-state index is -1.25. The van der Waals surface area contributed by atoms with E-state index in [0.717, 1.165) is 0 Å². The van der Waals surface area contributed by atoms with Crippen LogP contribution in [-0.4, -0.2) is 60.3 Å². The van der Waals surface area contributed by atoms with Gasteiger partial charge in [-0.25, -0.2) is 0 Å². The van der Waals surface area contributed by atoms with Gasteiger partial charge in [-0.05, 0) is 13.3 Å². The minimum Gasteiger partial charge on any atom is -0.395 e. The van der Waals surface area contributed by atoms with Gasteiger partial charge < -0.3 is 26.2 Å². The molecule has 5 N–H and O–H groups in total. The molecule has 8 nitrogen and oxygen atoms in total. The zero-order chi connectivity index (χ0) is 15.3. The maximum absolute atomic E-state index is 12.3. The van der Waals surface area contributed by atoms with Gasteiger partial charge in [0, 0.05) is 20.0 Å². The molecular weight excluding hydrogens is 266 g/mol. The van der Waals surface area contributed by atoms with Crippen molar-refractivity contribution >= 4 is 17.7 Å². The van der Waals surface area contributed by atoms with Crippen LogP contribution in [0.1, 0.15) is 19.8 Å². The number of carbonyl (C=O) groups excluding carboxylic acids is 3. The molecule has 8 heteroatoms. The van der Waals surface area contributed by atoms with Crippen molar-refractivity contribution in [1.82, 2.24) is 16.0 Å². The molecule has 0 aromatic heterocycles. The molecule has 3 atom stereocenters. The lowest BCUT2D eigenvalue weighted by Gasteiger charge is -2.35. The number of rotatable bonds is 5. The number of hydrogen-bond acceptors (Lipinski definition) is 5. The lowest BCUT2D eigenvalue weighted by atomic mass is 9.78. The third-order valence-corrected chi connectivity index (χ3v) is 3.51. The topological polar surface area (TPSA) is 128 Å². The summed E-state index contributed by atoms with van der Waals surface area (Å²) in [6.45, 7) is 1.16. The van der Waals surface area contributed by atoms with Crippen LogP contribution < -0.4 is 16.0 Å². The van der Waals surface area contributed by atoms with Crippen LogP contribution in [0.5, 0.6) is 0 Å². The lowest BCUT2D eigenvalue weighted by Crippen LogP contribution is -2.58. The van der Waals surface area contributed by atoms with Gasteiger partial charge in [0.1, 0.15) is 6.04 Å². The first-order valence-electron chi connectivity index (χ1n) is 6.44. The molecule has 3 unspecified atom stereocenters. The molecule has 0 aliphatic carbocycles. The number of hydrogen-bond donors (Lipinski definition) is 5. The van der Waals surface area contributed by atoms with E-state index in [1.54, 1.807) is 0 Å². The summed E-state index contributed by atoms with van der Waals surface area (Å²) < 4.78 is 0. The first-order valence-corrected chi connectivity index (χ1v) is 6.44. The van der Waals surface area contributed by atoms with E-state index in [1.165, 1.54) is 14.0 Å². The van der Waals surface area contributed by atoms with Gasteiger partial charge in [0.15, 0.2) is 0 Å². The Morgan fingerprint density at radius 1 is 1.50 bits per heavy atom. The number of likely N-dealkylation sites (N-methyl/N-ethyl adjacent to an activating group) is 1. The van der Waals surface area contributed by atoms with Crippen molar-refractivity contribution in [3.05, 3.63) is 0 Å². The Morgan fingerprint density at radius 2 is 2.15 bits per heavy atom. The molecule has 0 aromatic rings. The zero-order valence-electron chi connectivity index (χ0n) is 11.6. The largest absolute Gasteiger partial charge is 0.395 e. The van der Waals surface area contributed by atoms with Gasteiger partial charge in [-0.2, -0.15) is 0 Å². The fraction of sp³-hybridized carbons (Fsp3) is 0.750. The molecule has 0 aromatic carbocycles. The number of amides is 3. The Balaban J connectivity index is 2.85. The summed E-state index contributed by atoms with van der Waals surface area (Å²) in [5, 5.41) is 26.3. The smallest absolute Gasteiger partial charge is 0.245 e. The SMILES string of the molecule is CNC(=O)C(NC(=O)C1(CO)CCNC(=O)C1)C(C)O. The van der Waals surface area contributed by atoms with E-state index in [0.29, 0.717) is 0 Å². The molecule has 1 aliphatic rings. The van der Waals surface area contributed by atoms with Crippen LogP contribution >= 0.6 is 0 Å². The number of carbonyl (C=O) groups is 3. The fourth-order valence-corrected chi connectivity index (χ4v) is 2.16. The molecule has 114 valence electrons. The van der Waals surface area contributed by atoms with E-state index in [1.807, 2.05) is 0 Å². The quantitative estimate of drug-likeness (QED) is 0.381. The standard InChI is InChI=1S/C12H21N3O5/c1-7(17)9(10(19)13-2)15-11(20)12(6-16)3-4-14-8(18)5-12/h7,9,16-17H,3-6H2,1-2H3,(H,13,19)(H,14,18)(H,15,20). The summed E-state index contributed by atoms with van der Waals surface area (Å²) in [5.41, 5.74) is -1.25. The fourth-order valence-electron chi connectivity index (χ4n) is 2.16. The second-order valence-electron chi connectivity index (χ2n) is 5.02. The Hall–Kier alpha value is -1.67. The molecule has 1 rings (SSSR count). The predicted molar refractivity (Wildman–Crippen MR) is 69.4 cm³/mol. The predicted octanol–water partition coefficient (Wildman–Crippen LogP) is -2.51. The highest BCUT2D eigenvalue weighted by molar-refractivity contribution is 5.93. The number of aliphatic hydroxyl groups is 2. The normalized spacial score (nSPS) is 25.3. The molecule has 0 saturated carbocycles. The van der Waals surface area contributed by atoms with Crippen LogP contribution in [-0.2, 0) is 14.4 Å². The van der Waals surface area contributed by atoms with Crippen molar-refractivity contribution in [2.75, 3.05) is 20.2 Å². The van der Waals surface area contributed by atoms with E-state index in [4.69, 9.17) is 0 Å². The van der Waals surface area contributed by atoms with Gasteiger partial charge >= 0.3 is 0 Å². The number of piperidine rings is 1. The van der Waals surface area contributed by atoms with Gasteiger partial charge in [-0.3, -0.25) is 14.4 Å². The van der Waals surface area contributed by atoms with Crippen molar-refractivity contribution in [3.63, 3.8) is 0 Å². The van der Waals surface area contributed by atoms with Crippen LogP contribution in [0.3, 0.4) is 0 Å². The summed E-state index contributed by atoms with van der Waals surface area (Å²) in [6, 6.07) is -1.12. The molecule has 1 heterocycles. The average molecular weight is 287 g/mol. The highest BCUT2D eigenvalue weighted by Gasteiger charge is 2.43. The molecule has 0 spiro atoms. The maximum Gasteiger partial charge on any atom is 0.245 e. The van der Waals surface area contributed by atoms with Crippen LogP contribution in [0, 0.1) is 5.41 Å². The van der Waals surface area contributed by atoms with E-state index in [9.17, 15) is 24.6 Å². The lowest BCUT2D eigenvalue weighted by molar-refractivity contribution is -0.145. The van der Waals surface area contributed by atoms with Crippen LogP contribution in [0.15, 0.2) is 0 Å². The molecule has 1 aliphatic heterocycles. The van der Waals surface area contributed by atoms with Gasteiger partial charge in [-0.1, -0.05) is 0 Å². The van der Waals surface area contributed by atoms with Crippen LogP contribution in [0.25, 0.3) is 0 Å².